The third-order valence-corrected chi connectivity index (χ3v) is 5.52. The van der Waals surface area contributed by atoms with Crippen molar-refractivity contribution in [2.24, 2.45) is 0 Å². The van der Waals surface area contributed by atoms with Crippen molar-refractivity contribution in [2.75, 3.05) is 0 Å². The van der Waals surface area contributed by atoms with Gasteiger partial charge in [-0.3, -0.25) is 15.0 Å². The molecule has 4 rings (SSSR count). The minimum absolute atomic E-state index is 0.0221. The van der Waals surface area contributed by atoms with Crippen LogP contribution in [0.1, 0.15) is 31.1 Å². The summed E-state index contributed by atoms with van der Waals surface area (Å²) in [6, 6.07) is 17.8. The summed E-state index contributed by atoms with van der Waals surface area (Å²) in [6.45, 7) is 1.79. The van der Waals surface area contributed by atoms with Crippen molar-refractivity contribution >= 4 is 17.8 Å². The Morgan fingerprint density at radius 1 is 1.06 bits per heavy atom. The zero-order valence-electron chi connectivity index (χ0n) is 17.4. The first-order valence-electron chi connectivity index (χ1n) is 10.3. The molecule has 0 spiro atoms. The van der Waals surface area contributed by atoms with Gasteiger partial charge in [-0.2, -0.15) is 5.01 Å². The molecule has 2 N–H and O–H groups in total. The molecule has 2 aromatic carbocycles. The second-order valence-electron chi connectivity index (χ2n) is 7.48. The van der Waals surface area contributed by atoms with Gasteiger partial charge in [-0.05, 0) is 36.2 Å². The minimum Gasteiger partial charge on any atom is -0.461 e. The van der Waals surface area contributed by atoms with Gasteiger partial charge in [0.2, 0.25) is 5.91 Å². The number of nitrogens with one attached hydrogen (secondary N) is 2. The first kappa shape index (κ1) is 21.3. The first-order chi connectivity index (χ1) is 15.4. The predicted octanol–water partition coefficient (Wildman–Crippen LogP) is 3.91. The molecular weight excluding hydrogens is 413 g/mol. The zero-order valence-corrected chi connectivity index (χ0v) is 17.4. The number of carbonyl (C=O) groups excluding carboxylic acids is 3. The highest BCUT2D eigenvalue weighted by Crippen LogP contribution is 2.31. The number of hydrazine groups is 1. The minimum atomic E-state index is -1.22. The molecule has 7 nitrogen and oxygen atoms in total. The Balaban J connectivity index is 1.40. The van der Waals surface area contributed by atoms with Gasteiger partial charge in [0, 0.05) is 12.8 Å². The molecule has 8 heteroatoms. The molecule has 164 valence electrons. The number of hydrogen-bond acceptors (Lipinski definition) is 4. The molecule has 32 heavy (non-hydrogen) atoms. The van der Waals surface area contributed by atoms with Crippen molar-refractivity contribution in [1.29, 1.82) is 0 Å². The number of halogens is 1. The quantitative estimate of drug-likeness (QED) is 0.551. The predicted molar refractivity (Wildman–Crippen MR) is 114 cm³/mol. The first-order valence-corrected chi connectivity index (χ1v) is 10.3. The molecule has 1 aromatic heterocycles. The molecule has 0 radical (unpaired) electrons. The number of rotatable bonds is 7. The zero-order chi connectivity index (χ0) is 22.7. The summed E-state index contributed by atoms with van der Waals surface area (Å²) in [5, 5.41) is 3.44. The number of imide groups is 1. The smallest absolute Gasteiger partial charge is 0.344 e. The molecule has 2 heterocycles. The van der Waals surface area contributed by atoms with E-state index in [1.807, 2.05) is 6.07 Å². The molecule has 0 saturated carbocycles. The van der Waals surface area contributed by atoms with E-state index in [1.165, 1.54) is 6.07 Å². The lowest BCUT2D eigenvalue weighted by atomic mass is 9.87. The van der Waals surface area contributed by atoms with Gasteiger partial charge in [0.1, 0.15) is 22.9 Å². The number of hydrogen-bond donors (Lipinski definition) is 2. The molecule has 1 aliphatic rings. The van der Waals surface area contributed by atoms with Crippen LogP contribution in [0.25, 0.3) is 11.3 Å². The third-order valence-electron chi connectivity index (χ3n) is 5.52. The van der Waals surface area contributed by atoms with Crippen LogP contribution in [0.3, 0.4) is 0 Å². The van der Waals surface area contributed by atoms with Crippen molar-refractivity contribution in [3.8, 4) is 11.3 Å². The normalized spacial score (nSPS) is 18.0. The lowest BCUT2D eigenvalue weighted by Crippen LogP contribution is -2.48. The number of amides is 4. The fraction of sp³-hybridized carbons (Fsp3) is 0.208. The Labute approximate surface area is 184 Å². The highest BCUT2D eigenvalue weighted by molar-refractivity contribution is 6.08. The van der Waals surface area contributed by atoms with Gasteiger partial charge in [-0.25, -0.2) is 9.18 Å². The molecule has 1 unspecified atom stereocenters. The van der Waals surface area contributed by atoms with Crippen LogP contribution in [0.4, 0.5) is 9.18 Å². The maximum atomic E-state index is 13.9. The number of urea groups is 1. The SMILES string of the molecule is CCC1(c2ccccc2)NC(=O)N(NC(=O)CCc2ccc(-c3ccccc3F)o2)C1=O. The van der Waals surface area contributed by atoms with Crippen molar-refractivity contribution in [3.05, 3.63) is 83.9 Å². The lowest BCUT2D eigenvalue weighted by Gasteiger charge is -2.25. The third kappa shape index (κ3) is 3.87. The van der Waals surface area contributed by atoms with Crippen LogP contribution in [0.5, 0.6) is 0 Å². The topological polar surface area (TPSA) is 91.7 Å². The van der Waals surface area contributed by atoms with Gasteiger partial charge in [-0.15, -0.1) is 0 Å². The van der Waals surface area contributed by atoms with Crippen LogP contribution >= 0.6 is 0 Å². The summed E-state index contributed by atoms with van der Waals surface area (Å²) in [5.74, 6) is -0.602. The monoisotopic (exact) mass is 435 g/mol. The molecule has 0 bridgehead atoms. The number of furan rings is 1. The Morgan fingerprint density at radius 2 is 1.78 bits per heavy atom. The maximum Gasteiger partial charge on any atom is 0.344 e. The lowest BCUT2D eigenvalue weighted by molar-refractivity contribution is -0.139. The fourth-order valence-electron chi connectivity index (χ4n) is 3.77. The van der Waals surface area contributed by atoms with Crippen LogP contribution < -0.4 is 10.7 Å². The molecular formula is C24H22FN3O4. The molecule has 4 amide bonds. The molecule has 1 saturated heterocycles. The van der Waals surface area contributed by atoms with E-state index in [9.17, 15) is 18.8 Å². The van der Waals surface area contributed by atoms with E-state index in [4.69, 9.17) is 4.42 Å². The molecule has 1 atom stereocenters. The van der Waals surface area contributed by atoms with E-state index in [0.29, 0.717) is 29.1 Å². The van der Waals surface area contributed by atoms with Crippen LogP contribution in [0.15, 0.2) is 71.1 Å². The summed E-state index contributed by atoms with van der Waals surface area (Å²) >= 11 is 0. The van der Waals surface area contributed by atoms with Gasteiger partial charge in [0.05, 0.1) is 5.56 Å². The maximum absolute atomic E-state index is 13.9. The van der Waals surface area contributed by atoms with Crippen LogP contribution in [-0.4, -0.2) is 22.9 Å². The summed E-state index contributed by atoms with van der Waals surface area (Å²) < 4.78 is 19.6. The molecule has 1 fully saturated rings. The van der Waals surface area contributed by atoms with Crippen molar-refractivity contribution < 1.29 is 23.2 Å². The largest absolute Gasteiger partial charge is 0.461 e. The average Bonchev–Trinajstić information content (AvgIpc) is 3.37. The van der Waals surface area contributed by atoms with Gasteiger partial charge in [0.15, 0.2) is 0 Å². The Morgan fingerprint density at radius 3 is 2.50 bits per heavy atom. The number of aryl methyl sites for hydroxylation is 1. The highest BCUT2D eigenvalue weighted by atomic mass is 19.1. The second-order valence-corrected chi connectivity index (χ2v) is 7.48. The van der Waals surface area contributed by atoms with Crippen LogP contribution in [-0.2, 0) is 21.5 Å². The molecule has 0 aliphatic carbocycles. The standard InChI is InChI=1S/C24H22FN3O4/c1-2-24(16-8-4-3-5-9-16)22(30)28(23(31)26-24)27-21(29)15-13-17-12-14-20(32-17)18-10-6-7-11-19(18)25/h3-12,14H,2,13,15H2,1H3,(H,26,31)(H,27,29). The van der Waals surface area contributed by atoms with Crippen LogP contribution in [0, 0.1) is 5.82 Å². The molecule has 1 aliphatic heterocycles. The van der Waals surface area contributed by atoms with Crippen molar-refractivity contribution in [3.63, 3.8) is 0 Å². The van der Waals surface area contributed by atoms with Crippen LogP contribution in [0.2, 0.25) is 0 Å². The van der Waals surface area contributed by atoms with Gasteiger partial charge in [-0.1, -0.05) is 49.4 Å². The number of carbonyl (C=O) groups is 3. The van der Waals surface area contributed by atoms with E-state index in [-0.39, 0.29) is 12.8 Å². The summed E-state index contributed by atoms with van der Waals surface area (Å²) in [7, 11) is 0. The second kappa shape index (κ2) is 8.66. The Bertz CT molecular complexity index is 1160. The number of benzene rings is 2. The fourth-order valence-corrected chi connectivity index (χ4v) is 3.77. The van der Waals surface area contributed by atoms with Crippen molar-refractivity contribution in [2.45, 2.75) is 31.7 Å². The van der Waals surface area contributed by atoms with Crippen molar-refractivity contribution in [1.82, 2.24) is 15.8 Å². The van der Waals surface area contributed by atoms with E-state index in [1.54, 1.807) is 61.5 Å². The molecule has 3 aromatic rings. The summed E-state index contributed by atoms with van der Waals surface area (Å²) in [6.07, 6.45) is 0.534. The summed E-state index contributed by atoms with van der Waals surface area (Å²) in [4.78, 5) is 37.9. The number of nitrogens with zero attached hydrogens (tertiary/aromatic N) is 1. The van der Waals surface area contributed by atoms with Gasteiger partial charge in [0.25, 0.3) is 5.91 Å². The van der Waals surface area contributed by atoms with E-state index >= 15 is 0 Å². The Kier molecular flexibility index (Phi) is 5.77. The highest BCUT2D eigenvalue weighted by Gasteiger charge is 2.52. The summed E-state index contributed by atoms with van der Waals surface area (Å²) in [5.41, 5.74) is 2.15. The van der Waals surface area contributed by atoms with E-state index in [0.717, 1.165) is 5.01 Å². The van der Waals surface area contributed by atoms with Gasteiger partial charge < -0.3 is 9.73 Å². The van der Waals surface area contributed by atoms with Gasteiger partial charge >= 0.3 is 6.03 Å². The van der Waals surface area contributed by atoms with E-state index in [2.05, 4.69) is 10.7 Å². The Hall–Kier alpha value is -3.94. The van der Waals surface area contributed by atoms with E-state index < -0.39 is 29.2 Å². The average molecular weight is 435 g/mol.